The number of hydrogen-bond acceptors (Lipinski definition) is 4. The van der Waals surface area contributed by atoms with Crippen LogP contribution in [0.1, 0.15) is 47.4 Å². The largest absolute Gasteiger partial charge is 0.348 e. The standard InChI is InChI=1S/C18H23N5O/c24-18(20-15-5-1-2-6-15)17-10-16-13-22(8-9-23(16)21-17)12-14-4-3-7-19-11-14/h3-4,7,10-11,15H,1-2,5-6,8-9,12-13H2,(H,20,24). The number of nitrogens with one attached hydrogen (secondary N) is 1. The number of hydrogen-bond donors (Lipinski definition) is 1. The first-order valence-corrected chi connectivity index (χ1v) is 8.77. The van der Waals surface area contributed by atoms with Crippen LogP contribution in [-0.4, -0.2) is 38.2 Å². The third-order valence-corrected chi connectivity index (χ3v) is 4.93. The molecule has 0 atom stereocenters. The van der Waals surface area contributed by atoms with Gasteiger partial charge in [0.25, 0.3) is 5.91 Å². The van der Waals surface area contributed by atoms with E-state index in [1.165, 1.54) is 18.4 Å². The fourth-order valence-corrected chi connectivity index (χ4v) is 3.65. The van der Waals surface area contributed by atoms with Gasteiger partial charge in [0.1, 0.15) is 0 Å². The molecule has 0 unspecified atom stereocenters. The van der Waals surface area contributed by atoms with Crippen molar-refractivity contribution in [2.24, 2.45) is 0 Å². The highest BCUT2D eigenvalue weighted by Crippen LogP contribution is 2.19. The highest BCUT2D eigenvalue weighted by Gasteiger charge is 2.23. The molecule has 4 rings (SSSR count). The van der Waals surface area contributed by atoms with Crippen molar-refractivity contribution in [3.63, 3.8) is 0 Å². The Hall–Kier alpha value is -2.21. The number of carbonyl (C=O) groups is 1. The van der Waals surface area contributed by atoms with E-state index in [1.54, 1.807) is 6.20 Å². The molecule has 0 aromatic carbocycles. The van der Waals surface area contributed by atoms with E-state index >= 15 is 0 Å². The monoisotopic (exact) mass is 325 g/mol. The molecule has 1 aliphatic heterocycles. The molecule has 2 aromatic rings. The molecule has 1 aliphatic carbocycles. The smallest absolute Gasteiger partial charge is 0.272 e. The number of rotatable bonds is 4. The summed E-state index contributed by atoms with van der Waals surface area (Å²) in [6, 6.07) is 6.34. The van der Waals surface area contributed by atoms with E-state index in [2.05, 4.69) is 26.4 Å². The summed E-state index contributed by atoms with van der Waals surface area (Å²) in [4.78, 5) is 18.9. The number of aromatic nitrogens is 3. The van der Waals surface area contributed by atoms with Crippen molar-refractivity contribution >= 4 is 5.91 Å². The molecule has 0 spiro atoms. The highest BCUT2D eigenvalue weighted by molar-refractivity contribution is 5.92. The summed E-state index contributed by atoms with van der Waals surface area (Å²) in [5.41, 5.74) is 2.88. The first kappa shape index (κ1) is 15.3. The molecule has 126 valence electrons. The van der Waals surface area contributed by atoms with Crippen LogP contribution in [0.4, 0.5) is 0 Å². The third kappa shape index (κ3) is 3.33. The molecule has 2 aliphatic rings. The van der Waals surface area contributed by atoms with Crippen LogP contribution >= 0.6 is 0 Å². The van der Waals surface area contributed by atoms with Gasteiger partial charge in [0.05, 0.1) is 12.2 Å². The van der Waals surface area contributed by atoms with Crippen LogP contribution in [0.2, 0.25) is 0 Å². The Balaban J connectivity index is 1.41. The summed E-state index contributed by atoms with van der Waals surface area (Å²) in [5, 5.41) is 7.62. The van der Waals surface area contributed by atoms with E-state index in [0.29, 0.717) is 11.7 Å². The van der Waals surface area contributed by atoms with Crippen LogP contribution in [0, 0.1) is 0 Å². The lowest BCUT2D eigenvalue weighted by molar-refractivity contribution is 0.0931. The molecule has 1 saturated carbocycles. The molecule has 1 amide bonds. The number of nitrogens with zero attached hydrogens (tertiary/aromatic N) is 4. The Kier molecular flexibility index (Phi) is 4.30. The van der Waals surface area contributed by atoms with Crippen molar-refractivity contribution in [1.29, 1.82) is 0 Å². The van der Waals surface area contributed by atoms with E-state index in [4.69, 9.17) is 0 Å². The molecule has 24 heavy (non-hydrogen) atoms. The van der Waals surface area contributed by atoms with Gasteiger partial charge in [0.2, 0.25) is 0 Å². The number of carbonyl (C=O) groups excluding carboxylic acids is 1. The zero-order valence-electron chi connectivity index (χ0n) is 13.8. The van der Waals surface area contributed by atoms with Gasteiger partial charge in [0, 0.05) is 38.1 Å². The minimum Gasteiger partial charge on any atom is -0.348 e. The lowest BCUT2D eigenvalue weighted by atomic mass is 10.2. The van der Waals surface area contributed by atoms with Crippen molar-refractivity contribution in [3.05, 3.63) is 47.5 Å². The SMILES string of the molecule is O=C(NC1CCCC1)c1cc2n(n1)CCN(Cc1cccnc1)C2. The fraction of sp³-hybridized carbons (Fsp3) is 0.500. The summed E-state index contributed by atoms with van der Waals surface area (Å²) >= 11 is 0. The minimum atomic E-state index is -0.0254. The molecule has 0 saturated heterocycles. The highest BCUT2D eigenvalue weighted by atomic mass is 16.2. The molecule has 0 radical (unpaired) electrons. The van der Waals surface area contributed by atoms with Gasteiger partial charge in [-0.1, -0.05) is 18.9 Å². The summed E-state index contributed by atoms with van der Waals surface area (Å²) < 4.78 is 1.98. The van der Waals surface area contributed by atoms with Crippen LogP contribution in [0.25, 0.3) is 0 Å². The van der Waals surface area contributed by atoms with E-state index in [0.717, 1.165) is 44.7 Å². The lowest BCUT2D eigenvalue weighted by Gasteiger charge is -2.27. The molecule has 6 nitrogen and oxygen atoms in total. The van der Waals surface area contributed by atoms with E-state index in [9.17, 15) is 4.79 Å². The zero-order chi connectivity index (χ0) is 16.4. The van der Waals surface area contributed by atoms with Gasteiger partial charge in [-0.2, -0.15) is 5.10 Å². The Morgan fingerprint density at radius 2 is 2.17 bits per heavy atom. The van der Waals surface area contributed by atoms with Gasteiger partial charge in [-0.05, 0) is 30.5 Å². The maximum absolute atomic E-state index is 12.4. The van der Waals surface area contributed by atoms with Crippen LogP contribution in [0.15, 0.2) is 30.6 Å². The minimum absolute atomic E-state index is 0.0254. The molecule has 0 bridgehead atoms. The molecular formula is C18H23N5O. The predicted molar refractivity (Wildman–Crippen MR) is 90.3 cm³/mol. The molecule has 2 aromatic heterocycles. The Labute approximate surface area is 141 Å². The third-order valence-electron chi connectivity index (χ3n) is 4.93. The van der Waals surface area contributed by atoms with Gasteiger partial charge in [-0.3, -0.25) is 19.4 Å². The van der Waals surface area contributed by atoms with Crippen LogP contribution in [0.3, 0.4) is 0 Å². The van der Waals surface area contributed by atoms with E-state index < -0.39 is 0 Å². The fourth-order valence-electron chi connectivity index (χ4n) is 3.65. The van der Waals surface area contributed by atoms with E-state index in [1.807, 2.05) is 23.0 Å². The van der Waals surface area contributed by atoms with Gasteiger partial charge in [-0.15, -0.1) is 0 Å². The molecule has 1 N–H and O–H groups in total. The summed E-state index contributed by atoms with van der Waals surface area (Å²) in [6.45, 7) is 3.46. The number of pyridine rings is 1. The van der Waals surface area contributed by atoms with Gasteiger partial charge >= 0.3 is 0 Å². The molecule has 6 heteroatoms. The number of amides is 1. The van der Waals surface area contributed by atoms with Crippen molar-refractivity contribution in [1.82, 2.24) is 25.0 Å². The van der Waals surface area contributed by atoms with Crippen LogP contribution in [0.5, 0.6) is 0 Å². The van der Waals surface area contributed by atoms with Crippen molar-refractivity contribution < 1.29 is 4.79 Å². The average Bonchev–Trinajstić information content (AvgIpc) is 3.24. The Bertz CT molecular complexity index is 705. The normalized spacial score (nSPS) is 18.5. The summed E-state index contributed by atoms with van der Waals surface area (Å²) in [6.07, 6.45) is 8.33. The van der Waals surface area contributed by atoms with Crippen molar-refractivity contribution in [2.75, 3.05) is 6.54 Å². The predicted octanol–water partition coefficient (Wildman–Crippen LogP) is 1.97. The maximum atomic E-state index is 12.4. The quantitative estimate of drug-likeness (QED) is 0.933. The van der Waals surface area contributed by atoms with Crippen LogP contribution < -0.4 is 5.32 Å². The average molecular weight is 325 g/mol. The second kappa shape index (κ2) is 6.73. The Morgan fingerprint density at radius 3 is 2.96 bits per heavy atom. The molecule has 3 heterocycles. The van der Waals surface area contributed by atoms with Crippen LogP contribution in [-0.2, 0) is 19.6 Å². The zero-order valence-corrected chi connectivity index (χ0v) is 13.8. The number of fused-ring (bicyclic) bond motifs is 1. The maximum Gasteiger partial charge on any atom is 0.272 e. The van der Waals surface area contributed by atoms with E-state index in [-0.39, 0.29) is 5.91 Å². The summed E-state index contributed by atoms with van der Waals surface area (Å²) in [7, 11) is 0. The second-order valence-electron chi connectivity index (χ2n) is 6.77. The summed E-state index contributed by atoms with van der Waals surface area (Å²) in [5.74, 6) is -0.0254. The lowest BCUT2D eigenvalue weighted by Crippen LogP contribution is -2.34. The van der Waals surface area contributed by atoms with Crippen molar-refractivity contribution in [3.8, 4) is 0 Å². The first-order valence-electron chi connectivity index (χ1n) is 8.77. The first-order chi connectivity index (χ1) is 11.8. The Morgan fingerprint density at radius 1 is 1.29 bits per heavy atom. The van der Waals surface area contributed by atoms with Crippen molar-refractivity contribution in [2.45, 2.75) is 51.4 Å². The van der Waals surface area contributed by atoms with Gasteiger partial charge < -0.3 is 5.32 Å². The van der Waals surface area contributed by atoms with Gasteiger partial charge in [0.15, 0.2) is 5.69 Å². The molecule has 1 fully saturated rings. The second-order valence-corrected chi connectivity index (χ2v) is 6.77. The van der Waals surface area contributed by atoms with Gasteiger partial charge in [-0.25, -0.2) is 0 Å². The topological polar surface area (TPSA) is 63.1 Å². The molecular weight excluding hydrogens is 302 g/mol.